The second-order valence-corrected chi connectivity index (χ2v) is 6.11. The van der Waals surface area contributed by atoms with E-state index in [4.69, 9.17) is 9.47 Å². The van der Waals surface area contributed by atoms with Crippen LogP contribution >= 0.6 is 0 Å². The first kappa shape index (κ1) is 15.6. The van der Waals surface area contributed by atoms with E-state index in [9.17, 15) is 4.39 Å². The molecule has 2 aromatic carbocycles. The number of methoxy groups -OCH3 is 1. The van der Waals surface area contributed by atoms with E-state index < -0.39 is 0 Å². The van der Waals surface area contributed by atoms with Gasteiger partial charge in [0.15, 0.2) is 11.6 Å². The van der Waals surface area contributed by atoms with Gasteiger partial charge >= 0.3 is 0 Å². The summed E-state index contributed by atoms with van der Waals surface area (Å²) in [7, 11) is 1.48. The maximum Gasteiger partial charge on any atom is 0.165 e. The maximum atomic E-state index is 13.8. The summed E-state index contributed by atoms with van der Waals surface area (Å²) in [6.45, 7) is 0.680. The molecule has 0 amide bonds. The van der Waals surface area contributed by atoms with Gasteiger partial charge in [-0.1, -0.05) is 12.1 Å². The van der Waals surface area contributed by atoms with Crippen molar-refractivity contribution >= 4 is 0 Å². The summed E-state index contributed by atoms with van der Waals surface area (Å²) in [6, 6.07) is 13.3. The summed E-state index contributed by atoms with van der Waals surface area (Å²) >= 11 is 0. The normalized spacial score (nSPS) is 12.6. The highest BCUT2D eigenvalue weighted by Crippen LogP contribution is 2.39. The summed E-state index contributed by atoms with van der Waals surface area (Å²) in [5.74, 6) is 0.771. The Morgan fingerprint density at radius 1 is 1.08 bits per heavy atom. The second-order valence-electron chi connectivity index (χ2n) is 6.11. The van der Waals surface area contributed by atoms with E-state index >= 15 is 0 Å². The van der Waals surface area contributed by atoms with Gasteiger partial charge in [0, 0.05) is 24.4 Å². The van der Waals surface area contributed by atoms with Crippen LogP contribution in [0.25, 0.3) is 11.1 Å². The van der Waals surface area contributed by atoms with E-state index in [1.54, 1.807) is 24.5 Å². The molecular formula is C21H18FNO2. The lowest BCUT2D eigenvalue weighted by molar-refractivity contribution is 0.358. The molecule has 3 nitrogen and oxygen atoms in total. The molecule has 4 heteroatoms. The minimum Gasteiger partial charge on any atom is -0.494 e. The summed E-state index contributed by atoms with van der Waals surface area (Å²) in [4.78, 5) is 4.07. The van der Waals surface area contributed by atoms with Crippen molar-refractivity contribution in [2.24, 2.45) is 0 Å². The van der Waals surface area contributed by atoms with Crippen LogP contribution in [-0.4, -0.2) is 18.7 Å². The van der Waals surface area contributed by atoms with Crippen LogP contribution in [0.3, 0.4) is 0 Å². The van der Waals surface area contributed by atoms with Crippen LogP contribution in [0.5, 0.6) is 11.5 Å². The van der Waals surface area contributed by atoms with Crippen molar-refractivity contribution in [3.63, 3.8) is 0 Å². The fraction of sp³-hybridized carbons (Fsp3) is 0.190. The maximum absolute atomic E-state index is 13.8. The molecule has 25 heavy (non-hydrogen) atoms. The number of hydrogen-bond acceptors (Lipinski definition) is 3. The van der Waals surface area contributed by atoms with Gasteiger partial charge in [0.2, 0.25) is 0 Å². The zero-order chi connectivity index (χ0) is 17.2. The standard InChI is InChI=1S/C21H18FNO2/c1-24-20-13-16(2-3-19(20)22)18-12-15(10-14-4-7-23-8-5-14)11-17-6-9-25-21(17)18/h2-5,7-8,11-13H,6,9-10H2,1H3. The predicted octanol–water partition coefficient (Wildman–Crippen LogP) is 4.42. The number of hydrogen-bond donors (Lipinski definition) is 0. The summed E-state index contributed by atoms with van der Waals surface area (Å²) in [5.41, 5.74) is 5.49. The van der Waals surface area contributed by atoms with Gasteiger partial charge in [-0.2, -0.15) is 0 Å². The number of ether oxygens (including phenoxy) is 2. The number of benzene rings is 2. The Morgan fingerprint density at radius 2 is 1.92 bits per heavy atom. The monoisotopic (exact) mass is 335 g/mol. The van der Waals surface area contributed by atoms with Crippen LogP contribution in [0.2, 0.25) is 0 Å². The van der Waals surface area contributed by atoms with Gasteiger partial charge in [-0.25, -0.2) is 4.39 Å². The lowest BCUT2D eigenvalue weighted by Crippen LogP contribution is -1.94. The van der Waals surface area contributed by atoms with Gasteiger partial charge in [0.25, 0.3) is 0 Å². The van der Waals surface area contributed by atoms with Crippen LogP contribution in [-0.2, 0) is 12.8 Å². The minimum absolute atomic E-state index is 0.240. The van der Waals surface area contributed by atoms with Gasteiger partial charge in [0.05, 0.1) is 13.7 Å². The van der Waals surface area contributed by atoms with E-state index in [1.807, 2.05) is 12.1 Å². The molecule has 3 aromatic rings. The molecule has 1 aromatic heterocycles. The van der Waals surface area contributed by atoms with E-state index in [0.717, 1.165) is 29.7 Å². The SMILES string of the molecule is COc1cc(-c2cc(Cc3ccncc3)cc3c2OCC3)ccc1F. The molecule has 1 aliphatic rings. The van der Waals surface area contributed by atoms with Crippen molar-refractivity contribution in [1.29, 1.82) is 0 Å². The van der Waals surface area contributed by atoms with Crippen LogP contribution in [0.4, 0.5) is 4.39 Å². The highest BCUT2D eigenvalue weighted by atomic mass is 19.1. The number of pyridine rings is 1. The van der Waals surface area contributed by atoms with Crippen molar-refractivity contribution < 1.29 is 13.9 Å². The Bertz CT molecular complexity index is 909. The lowest BCUT2D eigenvalue weighted by atomic mass is 9.95. The van der Waals surface area contributed by atoms with Gasteiger partial charge in [-0.05, 0) is 59.0 Å². The molecule has 1 aliphatic heterocycles. The number of nitrogens with zero attached hydrogens (tertiary/aromatic N) is 1. The van der Waals surface area contributed by atoms with E-state index in [2.05, 4.69) is 17.1 Å². The Kier molecular flexibility index (Phi) is 4.10. The molecule has 0 saturated carbocycles. The summed E-state index contributed by atoms with van der Waals surface area (Å²) in [5, 5.41) is 0. The first-order chi connectivity index (χ1) is 12.2. The molecule has 0 N–H and O–H groups in total. The highest BCUT2D eigenvalue weighted by molar-refractivity contribution is 5.75. The van der Waals surface area contributed by atoms with Crippen LogP contribution in [0.15, 0.2) is 54.9 Å². The Balaban J connectivity index is 1.79. The van der Waals surface area contributed by atoms with Gasteiger partial charge in [-0.3, -0.25) is 4.98 Å². The van der Waals surface area contributed by atoms with Crippen molar-refractivity contribution in [3.05, 3.63) is 77.4 Å². The molecule has 0 unspecified atom stereocenters. The zero-order valence-electron chi connectivity index (χ0n) is 14.0. The smallest absolute Gasteiger partial charge is 0.165 e. The van der Waals surface area contributed by atoms with Crippen LogP contribution < -0.4 is 9.47 Å². The first-order valence-electron chi connectivity index (χ1n) is 8.26. The molecule has 0 radical (unpaired) electrons. The number of fused-ring (bicyclic) bond motifs is 1. The molecular weight excluding hydrogens is 317 g/mol. The van der Waals surface area contributed by atoms with Crippen molar-refractivity contribution in [3.8, 4) is 22.6 Å². The molecule has 126 valence electrons. The lowest BCUT2D eigenvalue weighted by Gasteiger charge is -2.13. The Hall–Kier alpha value is -2.88. The topological polar surface area (TPSA) is 31.4 Å². The fourth-order valence-electron chi connectivity index (χ4n) is 3.25. The average Bonchev–Trinajstić information content (AvgIpc) is 3.11. The second kappa shape index (κ2) is 6.55. The Labute approximate surface area is 146 Å². The molecule has 2 heterocycles. The minimum atomic E-state index is -0.364. The van der Waals surface area contributed by atoms with Gasteiger partial charge < -0.3 is 9.47 Å². The molecule has 4 rings (SSSR count). The van der Waals surface area contributed by atoms with Crippen LogP contribution in [0, 0.1) is 5.82 Å². The number of aromatic nitrogens is 1. The molecule has 0 atom stereocenters. The molecule has 0 bridgehead atoms. The average molecular weight is 335 g/mol. The third-order valence-corrected chi connectivity index (χ3v) is 4.46. The summed E-state index contributed by atoms with van der Waals surface area (Å²) in [6.07, 6.45) is 5.32. The van der Waals surface area contributed by atoms with Crippen molar-refractivity contribution in [2.45, 2.75) is 12.8 Å². The third-order valence-electron chi connectivity index (χ3n) is 4.46. The Morgan fingerprint density at radius 3 is 2.72 bits per heavy atom. The largest absolute Gasteiger partial charge is 0.494 e. The van der Waals surface area contributed by atoms with E-state index in [-0.39, 0.29) is 11.6 Å². The van der Waals surface area contributed by atoms with Crippen LogP contribution in [0.1, 0.15) is 16.7 Å². The first-order valence-corrected chi connectivity index (χ1v) is 8.26. The number of halogens is 1. The molecule has 0 aliphatic carbocycles. The highest BCUT2D eigenvalue weighted by Gasteiger charge is 2.20. The molecule has 0 saturated heterocycles. The number of rotatable bonds is 4. The van der Waals surface area contributed by atoms with Crippen molar-refractivity contribution in [2.75, 3.05) is 13.7 Å². The zero-order valence-corrected chi connectivity index (χ0v) is 14.0. The third kappa shape index (κ3) is 3.07. The fourth-order valence-corrected chi connectivity index (χ4v) is 3.25. The molecule has 0 fully saturated rings. The van der Waals surface area contributed by atoms with Gasteiger partial charge in [0.1, 0.15) is 5.75 Å². The summed E-state index contributed by atoms with van der Waals surface area (Å²) < 4.78 is 24.7. The van der Waals surface area contributed by atoms with E-state index in [1.165, 1.54) is 29.9 Å². The van der Waals surface area contributed by atoms with Crippen molar-refractivity contribution in [1.82, 2.24) is 4.98 Å². The van der Waals surface area contributed by atoms with E-state index in [0.29, 0.717) is 6.61 Å². The predicted molar refractivity (Wildman–Crippen MR) is 94.6 cm³/mol. The molecule has 0 spiro atoms. The van der Waals surface area contributed by atoms with Gasteiger partial charge in [-0.15, -0.1) is 0 Å². The quantitative estimate of drug-likeness (QED) is 0.707.